The summed E-state index contributed by atoms with van der Waals surface area (Å²) in [5.74, 6) is -0.439. The summed E-state index contributed by atoms with van der Waals surface area (Å²) in [6.45, 7) is 0. The van der Waals surface area contributed by atoms with Gasteiger partial charge in [0, 0.05) is 5.33 Å². The third-order valence-corrected chi connectivity index (χ3v) is 2.96. The van der Waals surface area contributed by atoms with E-state index in [9.17, 15) is 13.5 Å². The van der Waals surface area contributed by atoms with E-state index in [0.717, 1.165) is 5.56 Å². The van der Waals surface area contributed by atoms with Crippen LogP contribution in [0.25, 0.3) is 0 Å². The van der Waals surface area contributed by atoms with Crippen LogP contribution in [0.2, 0.25) is 0 Å². The molecule has 1 aromatic carbocycles. The minimum atomic E-state index is -4.34. The van der Waals surface area contributed by atoms with Gasteiger partial charge in [0.25, 0.3) is 10.1 Å². The van der Waals surface area contributed by atoms with E-state index < -0.39 is 20.8 Å². The molecule has 6 heteroatoms. The molecule has 0 fully saturated rings. The number of phenolic OH excluding ortho intramolecular Hbond substituents is 1. The number of hydrogen-bond acceptors (Lipinski definition) is 3. The molecule has 0 aliphatic carbocycles. The summed E-state index contributed by atoms with van der Waals surface area (Å²) >= 11 is 3.21. The van der Waals surface area contributed by atoms with E-state index in [4.69, 9.17) is 4.55 Å². The molecule has 0 saturated carbocycles. The Kier molecular flexibility index (Phi) is 3.52. The molecule has 1 aromatic rings. The van der Waals surface area contributed by atoms with Gasteiger partial charge in [-0.25, -0.2) is 0 Å². The Balaban J connectivity index is 3.22. The van der Waals surface area contributed by atoms with Crippen LogP contribution >= 0.6 is 15.9 Å². The van der Waals surface area contributed by atoms with Crippen molar-refractivity contribution in [2.45, 2.75) is 11.3 Å². The summed E-state index contributed by atoms with van der Waals surface area (Å²) in [6.07, 6.45) is 0.628. The molecule has 4 nitrogen and oxygen atoms in total. The van der Waals surface area contributed by atoms with E-state index in [1.165, 1.54) is 12.1 Å². The second-order valence-electron chi connectivity index (χ2n) is 2.72. The molecular weight excluding hydrogens is 272 g/mol. The third kappa shape index (κ3) is 2.70. The Morgan fingerprint density at radius 3 is 2.50 bits per heavy atom. The molecule has 14 heavy (non-hydrogen) atoms. The number of halogens is 1. The zero-order chi connectivity index (χ0) is 10.8. The molecule has 0 saturated heterocycles. The molecular formula is C8H9BrO4S. The normalized spacial score (nSPS) is 11.6. The molecule has 0 atom stereocenters. The molecule has 1 rings (SSSR count). The molecule has 0 aliphatic rings. The van der Waals surface area contributed by atoms with Crippen LogP contribution in [-0.2, 0) is 16.5 Å². The molecule has 0 heterocycles. The van der Waals surface area contributed by atoms with Gasteiger partial charge in [-0.1, -0.05) is 22.0 Å². The summed E-state index contributed by atoms with van der Waals surface area (Å²) in [5, 5.41) is 9.87. The fourth-order valence-electron chi connectivity index (χ4n) is 1.03. The number of rotatable bonds is 3. The van der Waals surface area contributed by atoms with Crippen LogP contribution in [-0.4, -0.2) is 23.4 Å². The monoisotopic (exact) mass is 280 g/mol. The van der Waals surface area contributed by atoms with Crippen LogP contribution in [0.5, 0.6) is 5.75 Å². The van der Waals surface area contributed by atoms with Crippen molar-refractivity contribution in [3.05, 3.63) is 23.8 Å². The van der Waals surface area contributed by atoms with Crippen molar-refractivity contribution in [2.75, 3.05) is 5.33 Å². The number of aromatic hydroxyl groups is 1. The van der Waals surface area contributed by atoms with E-state index in [-0.39, 0.29) is 0 Å². The van der Waals surface area contributed by atoms with Crippen LogP contribution < -0.4 is 0 Å². The van der Waals surface area contributed by atoms with Crippen molar-refractivity contribution < 1.29 is 18.1 Å². The summed E-state index contributed by atoms with van der Waals surface area (Å²) in [5.41, 5.74) is 0.729. The highest BCUT2D eigenvalue weighted by Crippen LogP contribution is 2.23. The Morgan fingerprint density at radius 2 is 2.00 bits per heavy atom. The van der Waals surface area contributed by atoms with Crippen molar-refractivity contribution in [1.29, 1.82) is 0 Å². The second kappa shape index (κ2) is 4.29. The highest BCUT2D eigenvalue weighted by Gasteiger charge is 2.15. The molecule has 0 unspecified atom stereocenters. The van der Waals surface area contributed by atoms with Gasteiger partial charge in [-0.3, -0.25) is 4.55 Å². The summed E-state index contributed by atoms with van der Waals surface area (Å²) < 4.78 is 30.4. The fraction of sp³-hybridized carbons (Fsp3) is 0.250. The van der Waals surface area contributed by atoms with Gasteiger partial charge in [-0.05, 0) is 24.1 Å². The lowest BCUT2D eigenvalue weighted by atomic mass is 10.2. The van der Waals surface area contributed by atoms with Gasteiger partial charge in [0.2, 0.25) is 0 Å². The van der Waals surface area contributed by atoms with E-state index in [1.807, 2.05) is 0 Å². The average molecular weight is 281 g/mol. The van der Waals surface area contributed by atoms with Crippen molar-refractivity contribution in [3.63, 3.8) is 0 Å². The first-order valence-corrected chi connectivity index (χ1v) is 6.36. The minimum absolute atomic E-state index is 0.439. The molecule has 0 aliphatic heterocycles. The molecule has 78 valence electrons. The third-order valence-electron chi connectivity index (χ3n) is 1.69. The van der Waals surface area contributed by atoms with Crippen LogP contribution in [0.15, 0.2) is 23.1 Å². The van der Waals surface area contributed by atoms with Crippen LogP contribution in [0.4, 0.5) is 0 Å². The first-order valence-electron chi connectivity index (χ1n) is 3.80. The quantitative estimate of drug-likeness (QED) is 0.651. The Bertz CT molecular complexity index is 427. The maximum atomic E-state index is 10.8. The molecule has 0 aromatic heterocycles. The minimum Gasteiger partial charge on any atom is -0.506 e. The van der Waals surface area contributed by atoms with Crippen LogP contribution in [0, 0.1) is 0 Å². The Labute approximate surface area is 90.5 Å². The summed E-state index contributed by atoms with van der Waals surface area (Å²) in [7, 11) is -4.34. The predicted molar refractivity (Wildman–Crippen MR) is 55.4 cm³/mol. The topological polar surface area (TPSA) is 74.6 Å². The van der Waals surface area contributed by atoms with Crippen LogP contribution in [0.1, 0.15) is 5.56 Å². The highest BCUT2D eigenvalue weighted by molar-refractivity contribution is 9.09. The number of phenols is 1. The standard InChI is InChI=1S/C8H9BrO4S/c9-4-3-6-1-2-7(10)8(5-6)14(11,12)13/h1-2,5,10H,3-4H2,(H,11,12,13). The van der Waals surface area contributed by atoms with Crippen molar-refractivity contribution in [3.8, 4) is 5.75 Å². The van der Waals surface area contributed by atoms with E-state index in [1.54, 1.807) is 6.07 Å². The first kappa shape index (κ1) is 11.5. The van der Waals surface area contributed by atoms with Crippen molar-refractivity contribution in [2.24, 2.45) is 0 Å². The predicted octanol–water partition coefficient (Wildman–Crippen LogP) is 1.58. The SMILES string of the molecule is O=S(=O)(O)c1cc(CCBr)ccc1O. The maximum Gasteiger partial charge on any atom is 0.298 e. The van der Waals surface area contributed by atoms with E-state index in [0.29, 0.717) is 11.8 Å². The fourth-order valence-corrected chi connectivity index (χ4v) is 2.12. The van der Waals surface area contributed by atoms with Gasteiger partial charge < -0.3 is 5.11 Å². The Hall–Kier alpha value is -0.590. The van der Waals surface area contributed by atoms with Gasteiger partial charge in [-0.2, -0.15) is 8.42 Å². The second-order valence-corrected chi connectivity index (χ2v) is 4.90. The lowest BCUT2D eigenvalue weighted by Gasteiger charge is -2.03. The number of aryl methyl sites for hydroxylation is 1. The van der Waals surface area contributed by atoms with Crippen LogP contribution in [0.3, 0.4) is 0 Å². The van der Waals surface area contributed by atoms with Gasteiger partial charge in [0.05, 0.1) is 0 Å². The molecule has 0 radical (unpaired) electrons. The largest absolute Gasteiger partial charge is 0.506 e. The zero-order valence-corrected chi connectivity index (χ0v) is 9.55. The zero-order valence-electron chi connectivity index (χ0n) is 7.14. The smallest absolute Gasteiger partial charge is 0.298 e. The molecule has 0 spiro atoms. The summed E-state index contributed by atoms with van der Waals surface area (Å²) in [6, 6.07) is 4.11. The highest BCUT2D eigenvalue weighted by atomic mass is 79.9. The van der Waals surface area contributed by atoms with Gasteiger partial charge in [0.1, 0.15) is 10.6 Å². The van der Waals surface area contributed by atoms with E-state index >= 15 is 0 Å². The number of alkyl halides is 1. The Morgan fingerprint density at radius 1 is 1.36 bits per heavy atom. The molecule has 2 N–H and O–H groups in total. The lowest BCUT2D eigenvalue weighted by molar-refractivity contribution is 0.443. The molecule has 0 amide bonds. The van der Waals surface area contributed by atoms with Crippen molar-refractivity contribution >= 4 is 26.0 Å². The number of hydrogen-bond donors (Lipinski definition) is 2. The summed E-state index contributed by atoms with van der Waals surface area (Å²) in [4.78, 5) is -0.448. The van der Waals surface area contributed by atoms with Gasteiger partial charge in [-0.15, -0.1) is 0 Å². The van der Waals surface area contributed by atoms with Crippen molar-refractivity contribution in [1.82, 2.24) is 0 Å². The molecule has 0 bridgehead atoms. The first-order chi connectivity index (χ1) is 6.45. The van der Waals surface area contributed by atoms with E-state index in [2.05, 4.69) is 15.9 Å². The lowest BCUT2D eigenvalue weighted by Crippen LogP contribution is -2.00. The number of benzene rings is 1. The van der Waals surface area contributed by atoms with Gasteiger partial charge >= 0.3 is 0 Å². The maximum absolute atomic E-state index is 10.8. The average Bonchev–Trinajstić information content (AvgIpc) is 2.07. The van der Waals surface area contributed by atoms with Gasteiger partial charge in [0.15, 0.2) is 0 Å².